The predicted octanol–water partition coefficient (Wildman–Crippen LogP) is -5.13. The van der Waals surface area contributed by atoms with E-state index in [1.807, 2.05) is 0 Å². The molecule has 1 atom stereocenters. The fourth-order valence-electron chi connectivity index (χ4n) is 0.443. The van der Waals surface area contributed by atoms with Gasteiger partial charge in [-0.25, -0.2) is 0 Å². The van der Waals surface area contributed by atoms with Crippen LogP contribution in [0.1, 0.15) is 12.8 Å². The minimum atomic E-state index is -1.30. The van der Waals surface area contributed by atoms with Crippen molar-refractivity contribution in [1.29, 1.82) is 0 Å². The van der Waals surface area contributed by atoms with E-state index in [-0.39, 0.29) is 31.9 Å². The SMILES string of the molecule is O=C([O-])CC(O)CCO.[Li+]. The fourth-order valence-corrected chi connectivity index (χ4v) is 0.443. The van der Waals surface area contributed by atoms with Crippen LogP contribution in [0.15, 0.2) is 0 Å². The molecule has 54 valence electrons. The zero-order chi connectivity index (χ0) is 7.28. The molecule has 0 saturated carbocycles. The van der Waals surface area contributed by atoms with E-state index >= 15 is 0 Å². The normalized spacial score (nSPS) is 11.8. The van der Waals surface area contributed by atoms with Gasteiger partial charge in [0.15, 0.2) is 0 Å². The summed E-state index contributed by atoms with van der Waals surface area (Å²) in [6.45, 7) is -0.200. The summed E-state index contributed by atoms with van der Waals surface area (Å²) < 4.78 is 0. The first-order chi connectivity index (χ1) is 4.16. The molecule has 0 rings (SSSR count). The molecule has 0 aromatic carbocycles. The number of hydrogen-bond donors (Lipinski definition) is 2. The Kier molecular flexibility index (Phi) is 8.98. The van der Waals surface area contributed by atoms with Gasteiger partial charge in [0.05, 0.1) is 6.10 Å². The van der Waals surface area contributed by atoms with Gasteiger partial charge in [0.2, 0.25) is 0 Å². The zero-order valence-corrected chi connectivity index (χ0v) is 5.91. The third-order valence-electron chi connectivity index (χ3n) is 0.865. The van der Waals surface area contributed by atoms with Crippen molar-refractivity contribution in [2.75, 3.05) is 6.61 Å². The van der Waals surface area contributed by atoms with Crippen LogP contribution in [-0.2, 0) is 4.79 Å². The molecule has 2 N–H and O–H groups in total. The molecule has 0 amide bonds. The van der Waals surface area contributed by atoms with Gasteiger partial charge in [-0.05, 0) is 6.42 Å². The van der Waals surface area contributed by atoms with E-state index in [4.69, 9.17) is 10.2 Å². The Morgan fingerprint density at radius 2 is 2.10 bits per heavy atom. The van der Waals surface area contributed by atoms with Crippen LogP contribution in [0.4, 0.5) is 0 Å². The summed E-state index contributed by atoms with van der Waals surface area (Å²) in [5.41, 5.74) is 0. The van der Waals surface area contributed by atoms with Crippen LogP contribution in [0, 0.1) is 0 Å². The molecule has 0 radical (unpaired) electrons. The van der Waals surface area contributed by atoms with E-state index < -0.39 is 18.5 Å². The maximum atomic E-state index is 9.73. The van der Waals surface area contributed by atoms with Gasteiger partial charge in [0, 0.05) is 19.0 Å². The molecule has 4 nitrogen and oxygen atoms in total. The summed E-state index contributed by atoms with van der Waals surface area (Å²) in [6.07, 6.45) is -1.28. The molecule has 0 aliphatic carbocycles. The van der Waals surface area contributed by atoms with Crippen molar-refractivity contribution in [2.45, 2.75) is 18.9 Å². The van der Waals surface area contributed by atoms with Crippen molar-refractivity contribution < 1.29 is 39.0 Å². The van der Waals surface area contributed by atoms with E-state index in [0.717, 1.165) is 0 Å². The first kappa shape index (κ1) is 12.6. The van der Waals surface area contributed by atoms with Crippen LogP contribution in [0.5, 0.6) is 0 Å². The number of carbonyl (C=O) groups excluding carboxylic acids is 1. The molecule has 10 heavy (non-hydrogen) atoms. The van der Waals surface area contributed by atoms with Gasteiger partial charge in [-0.1, -0.05) is 0 Å². The molecule has 0 spiro atoms. The smallest absolute Gasteiger partial charge is 0.550 e. The Labute approximate surface area is 71.0 Å². The average Bonchev–Trinajstić information content (AvgIpc) is 1.63. The molecule has 5 heteroatoms. The number of aliphatic carboxylic acids is 1. The zero-order valence-electron chi connectivity index (χ0n) is 5.91. The van der Waals surface area contributed by atoms with Crippen LogP contribution >= 0.6 is 0 Å². The second kappa shape index (κ2) is 7.10. The van der Waals surface area contributed by atoms with E-state index in [1.165, 1.54) is 0 Å². The third kappa shape index (κ3) is 7.99. The van der Waals surface area contributed by atoms with E-state index in [9.17, 15) is 9.90 Å². The number of carboxylic acids is 1. The van der Waals surface area contributed by atoms with Gasteiger partial charge in [-0.15, -0.1) is 0 Å². The van der Waals surface area contributed by atoms with Crippen LogP contribution < -0.4 is 24.0 Å². The van der Waals surface area contributed by atoms with Crippen LogP contribution in [0.2, 0.25) is 0 Å². The van der Waals surface area contributed by atoms with Gasteiger partial charge in [-0.3, -0.25) is 0 Å². The average molecular weight is 140 g/mol. The van der Waals surface area contributed by atoms with Crippen molar-refractivity contribution >= 4 is 5.97 Å². The van der Waals surface area contributed by atoms with Gasteiger partial charge in [-0.2, -0.15) is 0 Å². The molecule has 0 fully saturated rings. The Morgan fingerprint density at radius 3 is 2.40 bits per heavy atom. The number of rotatable bonds is 4. The van der Waals surface area contributed by atoms with E-state index in [2.05, 4.69) is 0 Å². The summed E-state index contributed by atoms with van der Waals surface area (Å²) in [4.78, 5) is 9.73. The maximum Gasteiger partial charge on any atom is 1.00 e. The number of hydrogen-bond acceptors (Lipinski definition) is 4. The molecular formula is C5H9LiO4. The minimum Gasteiger partial charge on any atom is -0.550 e. The summed E-state index contributed by atoms with van der Waals surface area (Å²) in [6, 6.07) is 0. The molecule has 0 aromatic rings. The summed E-state index contributed by atoms with van der Waals surface area (Å²) in [7, 11) is 0. The first-order valence-corrected chi connectivity index (χ1v) is 2.65. The molecule has 0 saturated heterocycles. The van der Waals surface area contributed by atoms with E-state index in [0.29, 0.717) is 0 Å². The summed E-state index contributed by atoms with van der Waals surface area (Å²) in [5, 5.41) is 26.5. The second-order valence-electron chi connectivity index (χ2n) is 1.74. The van der Waals surface area contributed by atoms with Crippen molar-refractivity contribution in [3.05, 3.63) is 0 Å². The monoisotopic (exact) mass is 140 g/mol. The molecular weight excluding hydrogens is 131 g/mol. The molecule has 1 unspecified atom stereocenters. The fraction of sp³-hybridized carbons (Fsp3) is 0.800. The molecule has 0 aliphatic heterocycles. The Bertz CT molecular complexity index is 95.6. The second-order valence-corrected chi connectivity index (χ2v) is 1.74. The largest absolute Gasteiger partial charge is 1.00 e. The maximum absolute atomic E-state index is 9.73. The van der Waals surface area contributed by atoms with Crippen molar-refractivity contribution in [1.82, 2.24) is 0 Å². The molecule has 0 bridgehead atoms. The van der Waals surface area contributed by atoms with Gasteiger partial charge in [0.1, 0.15) is 0 Å². The van der Waals surface area contributed by atoms with Gasteiger partial charge < -0.3 is 20.1 Å². The third-order valence-corrected chi connectivity index (χ3v) is 0.865. The first-order valence-electron chi connectivity index (χ1n) is 2.65. The number of carboxylic acid groups (broad SMARTS) is 1. The Morgan fingerprint density at radius 1 is 1.60 bits per heavy atom. The molecule has 0 aliphatic rings. The Hall–Kier alpha value is -0.0126. The van der Waals surface area contributed by atoms with Gasteiger partial charge >= 0.3 is 18.9 Å². The molecule has 0 heterocycles. The molecule has 0 aromatic heterocycles. The summed E-state index contributed by atoms with van der Waals surface area (Å²) in [5.74, 6) is -1.30. The van der Waals surface area contributed by atoms with Crippen molar-refractivity contribution in [2.24, 2.45) is 0 Å². The quantitative estimate of drug-likeness (QED) is 0.383. The van der Waals surface area contributed by atoms with Gasteiger partial charge in [0.25, 0.3) is 0 Å². The number of aliphatic hydroxyl groups is 2. The number of aliphatic hydroxyl groups excluding tert-OH is 2. The van der Waals surface area contributed by atoms with Crippen molar-refractivity contribution in [3.8, 4) is 0 Å². The van der Waals surface area contributed by atoms with E-state index in [1.54, 1.807) is 0 Å². The van der Waals surface area contributed by atoms with Crippen LogP contribution in [-0.4, -0.2) is 28.9 Å². The topological polar surface area (TPSA) is 80.6 Å². The number of carbonyl (C=O) groups is 1. The standard InChI is InChI=1S/C5H10O4.Li/c6-2-1-4(7)3-5(8)9;/h4,6-7H,1-3H2,(H,8,9);/q;+1/p-1. The Balaban J connectivity index is 0. The predicted molar refractivity (Wildman–Crippen MR) is 27.3 cm³/mol. The van der Waals surface area contributed by atoms with Crippen molar-refractivity contribution in [3.63, 3.8) is 0 Å². The summed E-state index contributed by atoms with van der Waals surface area (Å²) >= 11 is 0. The van der Waals surface area contributed by atoms with Crippen LogP contribution in [0.3, 0.4) is 0 Å². The minimum absolute atomic E-state index is 0. The van der Waals surface area contributed by atoms with Crippen LogP contribution in [0.25, 0.3) is 0 Å².